The van der Waals surface area contributed by atoms with Crippen LogP contribution in [-0.4, -0.2) is 16.5 Å². The number of aromatic nitrogens is 1. The van der Waals surface area contributed by atoms with Gasteiger partial charge in [-0.15, -0.1) is 0 Å². The van der Waals surface area contributed by atoms with E-state index in [1.54, 1.807) is 6.20 Å². The van der Waals surface area contributed by atoms with Gasteiger partial charge in [0.2, 0.25) is 0 Å². The minimum Gasteiger partial charge on any atom is -0.383 e. The van der Waals surface area contributed by atoms with Crippen LogP contribution in [0.25, 0.3) is 0 Å². The molecule has 0 aliphatic rings. The summed E-state index contributed by atoms with van der Waals surface area (Å²) in [6, 6.07) is 3.81. The minimum absolute atomic E-state index is 0.0116. The van der Waals surface area contributed by atoms with E-state index in [-0.39, 0.29) is 6.04 Å². The molecule has 3 nitrogen and oxygen atoms in total. The topological polar surface area (TPSA) is 64.9 Å². The summed E-state index contributed by atoms with van der Waals surface area (Å²) in [5, 5.41) is 0. The molecular weight excluding hydrogens is 206 g/mol. The van der Waals surface area contributed by atoms with Gasteiger partial charge < -0.3 is 11.5 Å². The van der Waals surface area contributed by atoms with Crippen molar-refractivity contribution in [3.05, 3.63) is 23.9 Å². The lowest BCUT2D eigenvalue weighted by atomic mass is 10.1. The Morgan fingerprint density at radius 1 is 1.40 bits per heavy atom. The lowest BCUT2D eigenvalue weighted by molar-refractivity contribution is 0.746. The summed E-state index contributed by atoms with van der Waals surface area (Å²) in [4.78, 5) is 4.03. The predicted octanol–water partition coefficient (Wildman–Crippen LogP) is 2.05. The highest BCUT2D eigenvalue weighted by molar-refractivity contribution is 7.99. The Bertz CT molecular complexity index is 302. The zero-order valence-electron chi connectivity index (χ0n) is 9.31. The van der Waals surface area contributed by atoms with E-state index in [9.17, 15) is 0 Å². The molecule has 0 aliphatic heterocycles. The zero-order valence-corrected chi connectivity index (χ0v) is 10.1. The Morgan fingerprint density at radius 2 is 2.13 bits per heavy atom. The Morgan fingerprint density at radius 3 is 2.73 bits per heavy atom. The molecule has 0 radical (unpaired) electrons. The standard InChI is InChI=1S/C11H19N3S/c1-8(2)6-15-7-10(12)9-4-3-5-14-11(9)13/h3-5,8,10H,6-7,12H2,1-2H3,(H2,13,14). The first-order chi connectivity index (χ1) is 7.11. The molecule has 0 aliphatic carbocycles. The van der Waals surface area contributed by atoms with Gasteiger partial charge in [0.05, 0.1) is 0 Å². The van der Waals surface area contributed by atoms with Crippen LogP contribution >= 0.6 is 11.8 Å². The molecule has 0 aromatic carbocycles. The van der Waals surface area contributed by atoms with Crippen molar-refractivity contribution in [2.75, 3.05) is 17.2 Å². The maximum absolute atomic E-state index is 6.04. The van der Waals surface area contributed by atoms with Gasteiger partial charge >= 0.3 is 0 Å². The number of anilines is 1. The van der Waals surface area contributed by atoms with Crippen LogP contribution in [0.15, 0.2) is 18.3 Å². The number of rotatable bonds is 5. The maximum Gasteiger partial charge on any atom is 0.128 e. The molecule has 1 heterocycles. The summed E-state index contributed by atoms with van der Waals surface area (Å²) in [7, 11) is 0. The highest BCUT2D eigenvalue weighted by Crippen LogP contribution is 2.20. The fourth-order valence-electron chi connectivity index (χ4n) is 1.26. The molecule has 1 atom stereocenters. The third-order valence-corrected chi connectivity index (χ3v) is 3.52. The van der Waals surface area contributed by atoms with Crippen molar-refractivity contribution in [2.45, 2.75) is 19.9 Å². The predicted molar refractivity (Wildman–Crippen MR) is 67.7 cm³/mol. The molecule has 4 N–H and O–H groups in total. The zero-order chi connectivity index (χ0) is 11.3. The number of nitrogen functional groups attached to an aromatic ring is 1. The third-order valence-electron chi connectivity index (χ3n) is 2.02. The van der Waals surface area contributed by atoms with Crippen LogP contribution in [0.2, 0.25) is 0 Å². The number of pyridine rings is 1. The van der Waals surface area contributed by atoms with E-state index in [1.165, 1.54) is 0 Å². The van der Waals surface area contributed by atoms with E-state index >= 15 is 0 Å². The van der Waals surface area contributed by atoms with Gasteiger partial charge in [-0.1, -0.05) is 19.9 Å². The molecule has 0 saturated heterocycles. The molecular formula is C11H19N3S. The van der Waals surface area contributed by atoms with E-state index in [0.29, 0.717) is 11.7 Å². The summed E-state index contributed by atoms with van der Waals surface area (Å²) >= 11 is 1.86. The number of hydrogen-bond acceptors (Lipinski definition) is 4. The van der Waals surface area contributed by atoms with E-state index in [1.807, 2.05) is 23.9 Å². The summed E-state index contributed by atoms with van der Waals surface area (Å²) < 4.78 is 0. The van der Waals surface area contributed by atoms with Crippen molar-refractivity contribution in [3.63, 3.8) is 0 Å². The van der Waals surface area contributed by atoms with Crippen molar-refractivity contribution in [3.8, 4) is 0 Å². The largest absolute Gasteiger partial charge is 0.383 e. The molecule has 0 amide bonds. The Kier molecular flexibility index (Phi) is 4.91. The SMILES string of the molecule is CC(C)CSCC(N)c1cccnc1N. The van der Waals surface area contributed by atoms with Crippen LogP contribution in [-0.2, 0) is 0 Å². The molecule has 1 aromatic rings. The molecule has 84 valence electrons. The Labute approximate surface area is 95.6 Å². The maximum atomic E-state index is 6.04. The molecule has 1 aromatic heterocycles. The lowest BCUT2D eigenvalue weighted by Crippen LogP contribution is -2.16. The van der Waals surface area contributed by atoms with Crippen LogP contribution in [0.4, 0.5) is 5.82 Å². The number of thioether (sulfide) groups is 1. The van der Waals surface area contributed by atoms with Gasteiger partial charge in [0.1, 0.15) is 5.82 Å². The van der Waals surface area contributed by atoms with Gasteiger partial charge in [-0.3, -0.25) is 0 Å². The number of hydrogen-bond donors (Lipinski definition) is 2. The Balaban J connectivity index is 2.47. The van der Waals surface area contributed by atoms with Gasteiger partial charge in [0, 0.05) is 23.6 Å². The third kappa shape index (κ3) is 4.10. The highest BCUT2D eigenvalue weighted by atomic mass is 32.2. The van der Waals surface area contributed by atoms with E-state index in [2.05, 4.69) is 18.8 Å². The highest BCUT2D eigenvalue weighted by Gasteiger charge is 2.09. The van der Waals surface area contributed by atoms with E-state index in [4.69, 9.17) is 11.5 Å². The second kappa shape index (κ2) is 5.98. The second-order valence-electron chi connectivity index (χ2n) is 4.02. The molecule has 15 heavy (non-hydrogen) atoms. The quantitative estimate of drug-likeness (QED) is 0.805. The van der Waals surface area contributed by atoms with Gasteiger partial charge in [-0.05, 0) is 17.7 Å². The molecule has 0 spiro atoms. The van der Waals surface area contributed by atoms with Gasteiger partial charge in [-0.25, -0.2) is 4.98 Å². The average Bonchev–Trinajstić information content (AvgIpc) is 2.17. The van der Waals surface area contributed by atoms with Crippen molar-refractivity contribution in [1.82, 2.24) is 4.98 Å². The molecule has 0 fully saturated rings. The van der Waals surface area contributed by atoms with Crippen LogP contribution in [0.5, 0.6) is 0 Å². The van der Waals surface area contributed by atoms with Crippen molar-refractivity contribution < 1.29 is 0 Å². The average molecular weight is 225 g/mol. The normalized spacial score (nSPS) is 13.1. The number of nitrogens with two attached hydrogens (primary N) is 2. The summed E-state index contributed by atoms with van der Waals surface area (Å²) in [6.45, 7) is 4.41. The van der Waals surface area contributed by atoms with Gasteiger partial charge in [-0.2, -0.15) is 11.8 Å². The van der Waals surface area contributed by atoms with Crippen LogP contribution < -0.4 is 11.5 Å². The van der Waals surface area contributed by atoms with E-state index in [0.717, 1.165) is 17.1 Å². The molecule has 1 unspecified atom stereocenters. The molecule has 0 bridgehead atoms. The van der Waals surface area contributed by atoms with Gasteiger partial charge in [0.25, 0.3) is 0 Å². The molecule has 1 rings (SSSR count). The molecule has 0 saturated carbocycles. The summed E-state index contributed by atoms with van der Waals surface area (Å²) in [5.74, 6) is 3.28. The van der Waals surface area contributed by atoms with Crippen LogP contribution in [0.3, 0.4) is 0 Å². The number of nitrogens with zero attached hydrogens (tertiary/aromatic N) is 1. The minimum atomic E-state index is -0.0116. The first-order valence-corrected chi connectivity index (χ1v) is 6.30. The van der Waals surface area contributed by atoms with Crippen molar-refractivity contribution in [1.29, 1.82) is 0 Å². The molecule has 4 heteroatoms. The first kappa shape index (κ1) is 12.3. The lowest BCUT2D eigenvalue weighted by Gasteiger charge is -2.13. The van der Waals surface area contributed by atoms with Crippen molar-refractivity contribution >= 4 is 17.6 Å². The van der Waals surface area contributed by atoms with Gasteiger partial charge in [0.15, 0.2) is 0 Å². The van der Waals surface area contributed by atoms with E-state index < -0.39 is 0 Å². The Hall–Kier alpha value is -0.740. The summed E-state index contributed by atoms with van der Waals surface area (Å²) in [5.41, 5.74) is 12.7. The summed E-state index contributed by atoms with van der Waals surface area (Å²) in [6.07, 6.45) is 1.69. The first-order valence-electron chi connectivity index (χ1n) is 5.15. The smallest absolute Gasteiger partial charge is 0.128 e. The monoisotopic (exact) mass is 225 g/mol. The fraction of sp³-hybridized carbons (Fsp3) is 0.545. The second-order valence-corrected chi connectivity index (χ2v) is 5.09. The fourth-order valence-corrected chi connectivity index (χ4v) is 2.30. The van der Waals surface area contributed by atoms with Crippen LogP contribution in [0.1, 0.15) is 25.5 Å². The van der Waals surface area contributed by atoms with Crippen LogP contribution in [0, 0.1) is 5.92 Å². The van der Waals surface area contributed by atoms with Crippen molar-refractivity contribution in [2.24, 2.45) is 11.7 Å².